The fraction of sp³-hybridized carbons (Fsp3) is 0.192. The first-order valence-electron chi connectivity index (χ1n) is 10.4. The lowest BCUT2D eigenvalue weighted by molar-refractivity contribution is -0.121. The maximum Gasteiger partial charge on any atom is 0.244 e. The zero-order chi connectivity index (χ0) is 22.8. The number of ether oxygens (including phenoxy) is 1. The van der Waals surface area contributed by atoms with Crippen molar-refractivity contribution in [3.63, 3.8) is 0 Å². The maximum atomic E-state index is 12.2. The van der Waals surface area contributed by atoms with Crippen LogP contribution in [-0.4, -0.2) is 24.6 Å². The van der Waals surface area contributed by atoms with Gasteiger partial charge in [-0.1, -0.05) is 72.8 Å². The summed E-state index contributed by atoms with van der Waals surface area (Å²) in [6.07, 6.45) is 0.313. The Labute approximate surface area is 188 Å². The Morgan fingerprint density at radius 1 is 0.844 bits per heavy atom. The minimum Gasteiger partial charge on any atom is -0.496 e. The highest BCUT2D eigenvalue weighted by molar-refractivity contribution is 6.00. The second kappa shape index (κ2) is 11.5. The molecular formula is C26H27N3O3. The van der Waals surface area contributed by atoms with Gasteiger partial charge in [-0.15, -0.1) is 0 Å². The van der Waals surface area contributed by atoms with Crippen molar-refractivity contribution in [1.29, 1.82) is 0 Å². The van der Waals surface area contributed by atoms with Gasteiger partial charge in [-0.05, 0) is 29.7 Å². The van der Waals surface area contributed by atoms with Crippen molar-refractivity contribution >= 4 is 17.5 Å². The molecule has 0 saturated heterocycles. The van der Waals surface area contributed by atoms with Crippen LogP contribution in [-0.2, 0) is 22.6 Å². The Hall–Kier alpha value is -3.93. The molecule has 0 bridgehead atoms. The third-order valence-electron chi connectivity index (χ3n) is 4.88. The van der Waals surface area contributed by atoms with Crippen LogP contribution < -0.4 is 15.5 Å². The normalized spacial score (nSPS) is 11.0. The summed E-state index contributed by atoms with van der Waals surface area (Å²) in [7, 11) is 1.60. The van der Waals surface area contributed by atoms with Gasteiger partial charge in [0.05, 0.1) is 20.0 Å². The number of hydrogen-bond donors (Lipinski definition) is 2. The SMILES string of the molecule is COc1ccccc1CNC(=O)CC(C)=NNC(=O)Cc1ccc(-c2ccccc2)cc1. The van der Waals surface area contributed by atoms with Gasteiger partial charge in [-0.3, -0.25) is 9.59 Å². The molecule has 3 aromatic carbocycles. The van der Waals surface area contributed by atoms with Crippen LogP contribution >= 0.6 is 0 Å². The Kier molecular flexibility index (Phi) is 8.15. The van der Waals surface area contributed by atoms with Crippen molar-refractivity contribution in [3.8, 4) is 16.9 Å². The Morgan fingerprint density at radius 2 is 1.50 bits per heavy atom. The number of para-hydroxylation sites is 1. The first kappa shape index (κ1) is 22.7. The first-order valence-corrected chi connectivity index (χ1v) is 10.4. The van der Waals surface area contributed by atoms with Gasteiger partial charge in [0.15, 0.2) is 0 Å². The molecule has 0 unspecified atom stereocenters. The highest BCUT2D eigenvalue weighted by Gasteiger charge is 2.08. The molecule has 6 heteroatoms. The lowest BCUT2D eigenvalue weighted by Gasteiger charge is -2.09. The molecule has 164 valence electrons. The van der Waals surface area contributed by atoms with Crippen molar-refractivity contribution in [3.05, 3.63) is 90.0 Å². The third-order valence-corrected chi connectivity index (χ3v) is 4.88. The van der Waals surface area contributed by atoms with E-state index in [1.807, 2.05) is 78.9 Å². The van der Waals surface area contributed by atoms with Crippen molar-refractivity contribution in [2.75, 3.05) is 7.11 Å². The predicted molar refractivity (Wildman–Crippen MR) is 126 cm³/mol. The van der Waals surface area contributed by atoms with E-state index in [2.05, 4.69) is 15.8 Å². The van der Waals surface area contributed by atoms with Gasteiger partial charge in [0.2, 0.25) is 11.8 Å². The summed E-state index contributed by atoms with van der Waals surface area (Å²) < 4.78 is 5.28. The first-order chi connectivity index (χ1) is 15.5. The number of nitrogens with one attached hydrogen (secondary N) is 2. The maximum absolute atomic E-state index is 12.2. The largest absolute Gasteiger partial charge is 0.496 e. The van der Waals surface area contributed by atoms with Crippen LogP contribution in [0.4, 0.5) is 0 Å². The van der Waals surface area contributed by atoms with Gasteiger partial charge in [-0.25, -0.2) is 5.43 Å². The molecule has 0 aromatic heterocycles. The zero-order valence-electron chi connectivity index (χ0n) is 18.3. The quantitative estimate of drug-likeness (QED) is 0.397. The monoisotopic (exact) mass is 429 g/mol. The van der Waals surface area contributed by atoms with E-state index in [1.165, 1.54) is 0 Å². The summed E-state index contributed by atoms with van der Waals surface area (Å²) in [6, 6.07) is 25.4. The Morgan fingerprint density at radius 3 is 2.22 bits per heavy atom. The van der Waals surface area contributed by atoms with E-state index in [9.17, 15) is 9.59 Å². The molecule has 2 N–H and O–H groups in total. The minimum atomic E-state index is -0.230. The summed E-state index contributed by atoms with van der Waals surface area (Å²) in [6.45, 7) is 2.07. The summed E-state index contributed by atoms with van der Waals surface area (Å²) in [4.78, 5) is 24.4. The van der Waals surface area contributed by atoms with Crippen molar-refractivity contribution in [2.45, 2.75) is 26.3 Å². The number of hydrazone groups is 1. The topological polar surface area (TPSA) is 79.8 Å². The van der Waals surface area contributed by atoms with Crippen LogP contribution in [0, 0.1) is 0 Å². The van der Waals surface area contributed by atoms with Gasteiger partial charge in [0.25, 0.3) is 0 Å². The number of carbonyl (C=O) groups is 2. The molecule has 0 atom stereocenters. The van der Waals surface area contributed by atoms with E-state index >= 15 is 0 Å². The number of nitrogens with zero attached hydrogens (tertiary/aromatic N) is 1. The molecule has 0 heterocycles. The molecule has 0 saturated carbocycles. The third kappa shape index (κ3) is 6.80. The molecule has 3 aromatic rings. The zero-order valence-corrected chi connectivity index (χ0v) is 18.3. The Bertz CT molecular complexity index is 1080. The number of carbonyl (C=O) groups excluding carboxylic acids is 2. The van der Waals surface area contributed by atoms with Gasteiger partial charge >= 0.3 is 0 Å². The summed E-state index contributed by atoms with van der Waals surface area (Å²) in [5.41, 5.74) is 7.07. The molecule has 0 aliphatic carbocycles. The van der Waals surface area contributed by atoms with E-state index in [0.29, 0.717) is 12.3 Å². The summed E-state index contributed by atoms with van der Waals surface area (Å²) in [5.74, 6) is 0.316. The van der Waals surface area contributed by atoms with E-state index in [4.69, 9.17) is 4.74 Å². The molecule has 2 amide bonds. The number of amides is 2. The number of rotatable bonds is 9. The second-order valence-electron chi connectivity index (χ2n) is 7.39. The van der Waals surface area contributed by atoms with Gasteiger partial charge in [-0.2, -0.15) is 5.10 Å². The van der Waals surface area contributed by atoms with Gasteiger partial charge < -0.3 is 10.1 Å². The number of hydrogen-bond acceptors (Lipinski definition) is 4. The van der Waals surface area contributed by atoms with Crippen molar-refractivity contribution in [2.24, 2.45) is 5.10 Å². The van der Waals surface area contributed by atoms with Crippen molar-refractivity contribution < 1.29 is 14.3 Å². The lowest BCUT2D eigenvalue weighted by atomic mass is 10.0. The van der Waals surface area contributed by atoms with Crippen LogP contribution in [0.15, 0.2) is 84.0 Å². The molecule has 3 rings (SSSR count). The van der Waals surface area contributed by atoms with Crippen LogP contribution in [0.2, 0.25) is 0 Å². The highest BCUT2D eigenvalue weighted by atomic mass is 16.5. The molecule has 0 fully saturated rings. The van der Waals surface area contributed by atoms with E-state index in [0.717, 1.165) is 28.0 Å². The van der Waals surface area contributed by atoms with E-state index in [-0.39, 0.29) is 24.7 Å². The Balaban J connectivity index is 1.45. The predicted octanol–water partition coefficient (Wildman–Crippen LogP) is 4.10. The molecule has 0 aliphatic heterocycles. The van der Waals surface area contributed by atoms with Crippen LogP contribution in [0.1, 0.15) is 24.5 Å². The number of methoxy groups -OCH3 is 1. The minimum absolute atomic E-state index is 0.0984. The van der Waals surface area contributed by atoms with Gasteiger partial charge in [0.1, 0.15) is 5.75 Å². The fourth-order valence-electron chi connectivity index (χ4n) is 3.21. The van der Waals surface area contributed by atoms with Gasteiger partial charge in [0, 0.05) is 17.8 Å². The second-order valence-corrected chi connectivity index (χ2v) is 7.39. The van der Waals surface area contributed by atoms with Crippen LogP contribution in [0.5, 0.6) is 5.75 Å². The molecule has 32 heavy (non-hydrogen) atoms. The molecule has 0 radical (unpaired) electrons. The molecular weight excluding hydrogens is 402 g/mol. The smallest absolute Gasteiger partial charge is 0.244 e. The molecule has 0 aliphatic rings. The number of benzene rings is 3. The summed E-state index contributed by atoms with van der Waals surface area (Å²) >= 11 is 0. The van der Waals surface area contributed by atoms with Crippen LogP contribution in [0.25, 0.3) is 11.1 Å². The van der Waals surface area contributed by atoms with E-state index in [1.54, 1.807) is 14.0 Å². The van der Waals surface area contributed by atoms with E-state index < -0.39 is 0 Å². The fourth-order valence-corrected chi connectivity index (χ4v) is 3.21. The molecule has 0 spiro atoms. The summed E-state index contributed by atoms with van der Waals surface area (Å²) in [5, 5.41) is 6.88. The average molecular weight is 430 g/mol. The average Bonchev–Trinajstić information content (AvgIpc) is 2.82. The van der Waals surface area contributed by atoms with Crippen molar-refractivity contribution in [1.82, 2.24) is 10.7 Å². The standard InChI is InChI=1S/C26H27N3O3/c1-19(16-25(30)27-18-23-10-6-7-11-24(23)32-2)28-29-26(31)17-20-12-14-22(15-13-20)21-8-4-3-5-9-21/h3-15H,16-18H2,1-2H3,(H,27,30)(H,29,31). The highest BCUT2D eigenvalue weighted by Crippen LogP contribution is 2.19. The molecule has 6 nitrogen and oxygen atoms in total. The lowest BCUT2D eigenvalue weighted by Crippen LogP contribution is -2.26. The van der Waals surface area contributed by atoms with Crippen LogP contribution in [0.3, 0.4) is 0 Å².